The summed E-state index contributed by atoms with van der Waals surface area (Å²) in [6.07, 6.45) is 0.611. The van der Waals surface area contributed by atoms with Crippen LogP contribution in [-0.4, -0.2) is 28.5 Å². The molecule has 0 unspecified atom stereocenters. The molecule has 0 atom stereocenters. The number of rotatable bonds is 4. The van der Waals surface area contributed by atoms with Crippen molar-refractivity contribution in [3.05, 3.63) is 29.6 Å². The molecule has 0 bridgehead atoms. The first-order valence-electron chi connectivity index (χ1n) is 4.52. The van der Waals surface area contributed by atoms with Gasteiger partial charge in [-0.2, -0.15) is 0 Å². The minimum absolute atomic E-state index is 0.115. The Morgan fingerprint density at radius 1 is 1.47 bits per heavy atom. The summed E-state index contributed by atoms with van der Waals surface area (Å²) in [6, 6.07) is 3.43. The smallest absolute Gasteiger partial charge is 0.404 e. The lowest BCUT2D eigenvalue weighted by atomic mass is 10.2. The molecular weight excluding hydrogens is 196 g/mol. The van der Waals surface area contributed by atoms with Gasteiger partial charge in [0.2, 0.25) is 0 Å². The molecule has 1 heterocycles. The minimum Gasteiger partial charge on any atom is -0.465 e. The van der Waals surface area contributed by atoms with E-state index in [-0.39, 0.29) is 18.7 Å². The van der Waals surface area contributed by atoms with Crippen molar-refractivity contribution >= 4 is 11.9 Å². The van der Waals surface area contributed by atoms with Crippen molar-refractivity contribution < 1.29 is 14.7 Å². The lowest BCUT2D eigenvalue weighted by Crippen LogP contribution is -2.24. The number of hydrogen-bond acceptors (Lipinski definition) is 3. The van der Waals surface area contributed by atoms with Gasteiger partial charge in [0.15, 0.2) is 5.78 Å². The SMILES string of the molecule is Cc1ccc(C(=O)CCNC(=O)O)nc1. The van der Waals surface area contributed by atoms with Gasteiger partial charge in [-0.25, -0.2) is 4.79 Å². The fraction of sp³-hybridized carbons (Fsp3) is 0.300. The zero-order valence-electron chi connectivity index (χ0n) is 8.36. The number of pyridine rings is 1. The van der Waals surface area contributed by atoms with E-state index in [1.54, 1.807) is 18.3 Å². The molecule has 0 saturated carbocycles. The molecule has 0 aliphatic carbocycles. The minimum atomic E-state index is -1.13. The third-order valence-electron chi connectivity index (χ3n) is 1.83. The summed E-state index contributed by atoms with van der Waals surface area (Å²) in [4.78, 5) is 25.5. The van der Waals surface area contributed by atoms with Crippen molar-refractivity contribution in [2.24, 2.45) is 0 Å². The average Bonchev–Trinajstić information content (AvgIpc) is 2.18. The summed E-state index contributed by atoms with van der Waals surface area (Å²) < 4.78 is 0. The van der Waals surface area contributed by atoms with Gasteiger partial charge in [-0.15, -0.1) is 0 Å². The second-order valence-electron chi connectivity index (χ2n) is 3.13. The highest BCUT2D eigenvalue weighted by molar-refractivity contribution is 5.94. The van der Waals surface area contributed by atoms with Crippen molar-refractivity contribution in [1.29, 1.82) is 0 Å². The monoisotopic (exact) mass is 208 g/mol. The van der Waals surface area contributed by atoms with E-state index >= 15 is 0 Å². The molecule has 2 N–H and O–H groups in total. The molecule has 0 spiro atoms. The van der Waals surface area contributed by atoms with E-state index in [2.05, 4.69) is 10.3 Å². The first kappa shape index (κ1) is 11.2. The van der Waals surface area contributed by atoms with Crippen LogP contribution in [0, 0.1) is 6.92 Å². The average molecular weight is 208 g/mol. The van der Waals surface area contributed by atoms with Gasteiger partial charge in [0, 0.05) is 19.2 Å². The molecule has 0 aliphatic heterocycles. The first-order valence-corrected chi connectivity index (χ1v) is 4.52. The molecule has 15 heavy (non-hydrogen) atoms. The predicted octanol–water partition coefficient (Wildman–Crippen LogP) is 1.23. The number of hydrogen-bond donors (Lipinski definition) is 2. The maximum absolute atomic E-state index is 11.4. The van der Waals surface area contributed by atoms with Gasteiger partial charge in [0.25, 0.3) is 0 Å². The van der Waals surface area contributed by atoms with E-state index in [9.17, 15) is 9.59 Å². The Labute approximate surface area is 87.1 Å². The fourth-order valence-corrected chi connectivity index (χ4v) is 1.04. The maximum Gasteiger partial charge on any atom is 0.404 e. The Morgan fingerprint density at radius 2 is 2.20 bits per heavy atom. The molecule has 80 valence electrons. The zero-order chi connectivity index (χ0) is 11.3. The van der Waals surface area contributed by atoms with Crippen LogP contribution in [0.3, 0.4) is 0 Å². The number of carbonyl (C=O) groups excluding carboxylic acids is 1. The van der Waals surface area contributed by atoms with Gasteiger partial charge in [-0.1, -0.05) is 6.07 Å². The molecule has 1 rings (SSSR count). The quantitative estimate of drug-likeness (QED) is 0.729. The van der Waals surface area contributed by atoms with Crippen LogP contribution in [0.15, 0.2) is 18.3 Å². The van der Waals surface area contributed by atoms with Crippen LogP contribution >= 0.6 is 0 Å². The molecule has 5 heteroatoms. The van der Waals surface area contributed by atoms with Crippen LogP contribution in [0.25, 0.3) is 0 Å². The van der Waals surface area contributed by atoms with Gasteiger partial charge >= 0.3 is 6.09 Å². The van der Waals surface area contributed by atoms with Gasteiger partial charge in [0.05, 0.1) is 0 Å². The van der Waals surface area contributed by atoms with Crippen molar-refractivity contribution in [3.8, 4) is 0 Å². The lowest BCUT2D eigenvalue weighted by Gasteiger charge is -2.00. The summed E-state index contributed by atoms with van der Waals surface area (Å²) in [5.41, 5.74) is 1.35. The van der Waals surface area contributed by atoms with E-state index in [1.165, 1.54) is 0 Å². The number of aryl methyl sites for hydroxylation is 1. The van der Waals surface area contributed by atoms with E-state index in [1.807, 2.05) is 6.92 Å². The van der Waals surface area contributed by atoms with E-state index in [4.69, 9.17) is 5.11 Å². The summed E-state index contributed by atoms with van der Waals surface area (Å²) >= 11 is 0. The normalized spacial score (nSPS) is 9.67. The summed E-state index contributed by atoms with van der Waals surface area (Å²) in [5.74, 6) is -0.163. The third-order valence-corrected chi connectivity index (χ3v) is 1.83. The first-order chi connectivity index (χ1) is 7.09. The van der Waals surface area contributed by atoms with Gasteiger partial charge in [0.1, 0.15) is 5.69 Å². The van der Waals surface area contributed by atoms with Crippen molar-refractivity contribution in [2.75, 3.05) is 6.54 Å². The fourth-order valence-electron chi connectivity index (χ4n) is 1.04. The second kappa shape index (κ2) is 5.09. The molecule has 1 aromatic rings. The van der Waals surface area contributed by atoms with Gasteiger partial charge in [-0.3, -0.25) is 9.78 Å². The number of Topliss-reactive ketones (excluding diaryl/α,β-unsaturated/α-hetero) is 1. The number of ketones is 1. The topological polar surface area (TPSA) is 79.3 Å². The van der Waals surface area contributed by atoms with Crippen molar-refractivity contribution in [2.45, 2.75) is 13.3 Å². The highest BCUT2D eigenvalue weighted by Gasteiger charge is 2.06. The molecule has 0 radical (unpaired) electrons. The van der Waals surface area contributed by atoms with Crippen LogP contribution in [0.5, 0.6) is 0 Å². The number of nitrogens with one attached hydrogen (secondary N) is 1. The Kier molecular flexibility index (Phi) is 3.79. The Balaban J connectivity index is 2.47. The van der Waals surface area contributed by atoms with E-state index < -0.39 is 6.09 Å². The van der Waals surface area contributed by atoms with Gasteiger partial charge in [-0.05, 0) is 18.6 Å². The van der Waals surface area contributed by atoms with Crippen LogP contribution < -0.4 is 5.32 Å². The number of carbonyl (C=O) groups is 2. The van der Waals surface area contributed by atoms with Crippen LogP contribution in [-0.2, 0) is 0 Å². The van der Waals surface area contributed by atoms with Crippen molar-refractivity contribution in [3.63, 3.8) is 0 Å². The Morgan fingerprint density at radius 3 is 2.73 bits per heavy atom. The van der Waals surface area contributed by atoms with Crippen LogP contribution in [0.1, 0.15) is 22.5 Å². The highest BCUT2D eigenvalue weighted by atomic mass is 16.4. The lowest BCUT2D eigenvalue weighted by molar-refractivity contribution is 0.0978. The standard InChI is InChI=1S/C10H12N2O3/c1-7-2-3-8(12-6-7)9(13)4-5-11-10(14)15/h2-3,6,11H,4-5H2,1H3,(H,14,15). The Bertz CT molecular complexity index is 359. The number of nitrogens with zero attached hydrogens (tertiary/aromatic N) is 1. The summed E-state index contributed by atoms with van der Waals surface area (Å²) in [7, 11) is 0. The zero-order valence-corrected chi connectivity index (χ0v) is 8.36. The van der Waals surface area contributed by atoms with Crippen LogP contribution in [0.4, 0.5) is 4.79 Å². The Hall–Kier alpha value is -1.91. The van der Waals surface area contributed by atoms with Crippen LogP contribution in [0.2, 0.25) is 0 Å². The third kappa shape index (κ3) is 3.76. The summed E-state index contributed by atoms with van der Waals surface area (Å²) in [6.45, 7) is 2.00. The van der Waals surface area contributed by atoms with Gasteiger partial charge < -0.3 is 10.4 Å². The second-order valence-corrected chi connectivity index (χ2v) is 3.13. The van der Waals surface area contributed by atoms with E-state index in [0.717, 1.165) is 5.56 Å². The molecule has 1 aromatic heterocycles. The number of amides is 1. The molecule has 1 amide bonds. The molecule has 0 saturated heterocycles. The molecule has 5 nitrogen and oxygen atoms in total. The molecule has 0 aliphatic rings. The molecule has 0 aromatic carbocycles. The van der Waals surface area contributed by atoms with Crippen molar-refractivity contribution in [1.82, 2.24) is 10.3 Å². The largest absolute Gasteiger partial charge is 0.465 e. The number of carboxylic acid groups (broad SMARTS) is 1. The predicted molar refractivity (Wildman–Crippen MR) is 53.9 cm³/mol. The molecular formula is C10H12N2O3. The molecule has 0 fully saturated rings. The maximum atomic E-state index is 11.4. The van der Waals surface area contributed by atoms with E-state index in [0.29, 0.717) is 5.69 Å². The highest BCUT2D eigenvalue weighted by Crippen LogP contribution is 2.01. The summed E-state index contributed by atoms with van der Waals surface area (Å²) in [5, 5.41) is 10.4. The number of aromatic nitrogens is 1.